The van der Waals surface area contributed by atoms with Gasteiger partial charge in [-0.3, -0.25) is 14.6 Å². The van der Waals surface area contributed by atoms with Crippen molar-refractivity contribution in [3.8, 4) is 11.8 Å². The predicted octanol–water partition coefficient (Wildman–Crippen LogP) is 3.51. The fourth-order valence-electron chi connectivity index (χ4n) is 4.02. The van der Waals surface area contributed by atoms with E-state index in [0.717, 1.165) is 12.0 Å². The summed E-state index contributed by atoms with van der Waals surface area (Å²) in [5, 5.41) is 11.6. The van der Waals surface area contributed by atoms with Crippen LogP contribution in [0.3, 0.4) is 0 Å². The number of aliphatic imine (C=N–C) groups is 1. The van der Waals surface area contributed by atoms with Crippen LogP contribution in [0.5, 0.6) is 0 Å². The molecule has 1 aliphatic heterocycles. The SMILES string of the molecule is C[C@@H](C(=O)NCCCC#CC1=CN(C)C(Nc2cccc(F)c2)NC1=NCCc1cccs1)N(C)C(=O)/C=C/CN(C)C. The summed E-state index contributed by atoms with van der Waals surface area (Å²) < 4.78 is 13.7. The smallest absolute Gasteiger partial charge is 0.246 e. The number of amides is 2. The Morgan fingerprint density at radius 2 is 2.07 bits per heavy atom. The van der Waals surface area contributed by atoms with Crippen LogP contribution in [0, 0.1) is 17.7 Å². The van der Waals surface area contributed by atoms with Gasteiger partial charge in [-0.25, -0.2) is 4.39 Å². The molecule has 1 aliphatic rings. The maximum atomic E-state index is 13.7. The van der Waals surface area contributed by atoms with Gasteiger partial charge < -0.3 is 30.7 Å². The number of carbonyl (C=O) groups excluding carboxylic acids is 2. The predicted molar refractivity (Wildman–Crippen MR) is 173 cm³/mol. The minimum Gasteiger partial charge on any atom is -0.354 e. The fraction of sp³-hybridized carbons (Fsp3) is 0.406. The molecule has 3 N–H and O–H groups in total. The molecular weight excluding hydrogens is 565 g/mol. The van der Waals surface area contributed by atoms with E-state index in [1.807, 2.05) is 49.3 Å². The lowest BCUT2D eigenvalue weighted by Gasteiger charge is -2.34. The van der Waals surface area contributed by atoms with E-state index >= 15 is 0 Å². The number of benzene rings is 1. The third-order valence-electron chi connectivity index (χ3n) is 6.64. The quantitative estimate of drug-likeness (QED) is 0.184. The Kier molecular flexibility index (Phi) is 13.3. The number of nitrogens with zero attached hydrogens (tertiary/aromatic N) is 4. The Balaban J connectivity index is 1.55. The summed E-state index contributed by atoms with van der Waals surface area (Å²) in [5.74, 6) is 6.36. The molecule has 11 heteroatoms. The van der Waals surface area contributed by atoms with Gasteiger partial charge in [0.05, 0.1) is 5.57 Å². The summed E-state index contributed by atoms with van der Waals surface area (Å²) in [6.07, 6.45) is 6.92. The number of likely N-dealkylation sites (N-methyl/N-ethyl adjacent to an activating group) is 2. The Hall–Kier alpha value is -4.14. The monoisotopic (exact) mass is 607 g/mol. The normalized spacial score (nSPS) is 16.3. The van der Waals surface area contributed by atoms with Gasteiger partial charge in [-0.2, -0.15) is 0 Å². The molecular formula is C32H42FN7O2S. The van der Waals surface area contributed by atoms with Crippen molar-refractivity contribution < 1.29 is 14.0 Å². The van der Waals surface area contributed by atoms with Crippen LogP contribution in [0.15, 0.2) is 70.7 Å². The summed E-state index contributed by atoms with van der Waals surface area (Å²) >= 11 is 1.70. The van der Waals surface area contributed by atoms with Crippen molar-refractivity contribution in [3.63, 3.8) is 0 Å². The van der Waals surface area contributed by atoms with Crippen LogP contribution < -0.4 is 16.0 Å². The third kappa shape index (κ3) is 11.2. The number of unbranched alkanes of at least 4 members (excludes halogenated alkanes) is 1. The number of rotatable bonds is 13. The largest absolute Gasteiger partial charge is 0.354 e. The Bertz CT molecular complexity index is 1360. The molecule has 0 saturated heterocycles. The van der Waals surface area contributed by atoms with Crippen molar-refractivity contribution in [2.75, 3.05) is 53.1 Å². The zero-order chi connectivity index (χ0) is 31.2. The molecule has 0 fully saturated rings. The van der Waals surface area contributed by atoms with E-state index < -0.39 is 6.04 Å². The van der Waals surface area contributed by atoms with E-state index in [4.69, 9.17) is 4.99 Å². The number of hydrogen-bond donors (Lipinski definition) is 3. The Labute approximate surface area is 258 Å². The molecule has 0 saturated carbocycles. The highest BCUT2D eigenvalue weighted by molar-refractivity contribution is 7.09. The highest BCUT2D eigenvalue weighted by atomic mass is 32.1. The van der Waals surface area contributed by atoms with E-state index in [1.165, 1.54) is 28.0 Å². The summed E-state index contributed by atoms with van der Waals surface area (Å²) in [6, 6.07) is 9.87. The molecule has 9 nitrogen and oxygen atoms in total. The van der Waals surface area contributed by atoms with E-state index in [2.05, 4.69) is 39.2 Å². The maximum Gasteiger partial charge on any atom is 0.246 e. The first-order valence-electron chi connectivity index (χ1n) is 14.3. The zero-order valence-corrected chi connectivity index (χ0v) is 26.4. The zero-order valence-electron chi connectivity index (χ0n) is 25.6. The lowest BCUT2D eigenvalue weighted by atomic mass is 10.2. The molecule has 0 spiro atoms. The number of halogens is 1. The molecule has 2 atom stereocenters. The third-order valence-corrected chi connectivity index (χ3v) is 7.58. The van der Waals surface area contributed by atoms with Gasteiger partial charge >= 0.3 is 0 Å². The second-order valence-corrected chi connectivity index (χ2v) is 11.5. The molecule has 1 unspecified atom stereocenters. The van der Waals surface area contributed by atoms with Crippen molar-refractivity contribution in [2.24, 2.45) is 4.99 Å². The van der Waals surface area contributed by atoms with Crippen LogP contribution in [0.25, 0.3) is 0 Å². The standard InChI is InChI=1S/C32H42FN7O2S/c1-24(40(5)29(41)16-10-20-38(2)3)31(42)35-18-8-6-7-12-25-23-39(4)32(36-27-14-9-13-26(33)22-27)37-30(25)34-19-17-28-15-11-21-43-28/h9-11,13-16,21-24,32,36H,6,8,17-20H2,1-5H3,(H,34,37)(H,35,42)/b16-10+/t24-,32?/m0/s1. The van der Waals surface area contributed by atoms with Gasteiger partial charge in [0, 0.05) is 69.4 Å². The van der Waals surface area contributed by atoms with Crippen molar-refractivity contribution in [1.82, 2.24) is 25.3 Å². The fourth-order valence-corrected chi connectivity index (χ4v) is 4.72. The number of amidine groups is 1. The van der Waals surface area contributed by atoms with Gasteiger partial charge in [0.2, 0.25) is 11.8 Å². The second kappa shape index (κ2) is 17.1. The topological polar surface area (TPSA) is 92.3 Å². The molecule has 43 heavy (non-hydrogen) atoms. The van der Waals surface area contributed by atoms with E-state index in [0.29, 0.717) is 44.0 Å². The molecule has 1 aromatic heterocycles. The van der Waals surface area contributed by atoms with Crippen LogP contribution in [-0.2, 0) is 16.0 Å². The van der Waals surface area contributed by atoms with E-state index in [9.17, 15) is 14.0 Å². The molecule has 2 amide bonds. The van der Waals surface area contributed by atoms with Crippen molar-refractivity contribution >= 4 is 34.7 Å². The second-order valence-electron chi connectivity index (χ2n) is 10.5. The first-order chi connectivity index (χ1) is 20.6. The molecule has 2 aromatic rings. The van der Waals surface area contributed by atoms with Gasteiger partial charge in [-0.05, 0) is 57.1 Å². The van der Waals surface area contributed by atoms with Crippen LogP contribution >= 0.6 is 11.3 Å². The molecule has 0 bridgehead atoms. The van der Waals surface area contributed by atoms with Crippen molar-refractivity contribution in [3.05, 3.63) is 76.4 Å². The van der Waals surface area contributed by atoms with Gasteiger partial charge in [-0.15, -0.1) is 11.3 Å². The first-order valence-corrected chi connectivity index (χ1v) is 15.2. The van der Waals surface area contributed by atoms with Crippen LogP contribution in [0.2, 0.25) is 0 Å². The molecule has 1 aromatic carbocycles. The van der Waals surface area contributed by atoms with Crippen LogP contribution in [-0.4, -0.2) is 92.5 Å². The molecule has 0 radical (unpaired) electrons. The lowest BCUT2D eigenvalue weighted by Crippen LogP contribution is -2.53. The number of nitrogens with one attached hydrogen (secondary N) is 3. The molecule has 2 heterocycles. The molecule has 0 aliphatic carbocycles. The van der Waals surface area contributed by atoms with Gasteiger partial charge in [0.1, 0.15) is 17.7 Å². The Morgan fingerprint density at radius 3 is 2.79 bits per heavy atom. The lowest BCUT2D eigenvalue weighted by molar-refractivity contribution is -0.135. The average molecular weight is 608 g/mol. The van der Waals surface area contributed by atoms with Crippen LogP contribution in [0.1, 0.15) is 24.6 Å². The van der Waals surface area contributed by atoms with Gasteiger partial charge in [-0.1, -0.05) is 30.0 Å². The highest BCUT2D eigenvalue weighted by Gasteiger charge is 2.23. The summed E-state index contributed by atoms with van der Waals surface area (Å²) in [4.78, 5) is 36.2. The summed E-state index contributed by atoms with van der Waals surface area (Å²) in [6.45, 7) is 3.42. The number of carbonyl (C=O) groups is 2. The first kappa shape index (κ1) is 33.4. The number of anilines is 1. The average Bonchev–Trinajstić information content (AvgIpc) is 3.49. The molecule has 230 valence electrons. The summed E-state index contributed by atoms with van der Waals surface area (Å²) in [5.41, 5.74) is 1.41. The van der Waals surface area contributed by atoms with E-state index in [1.54, 1.807) is 37.5 Å². The highest BCUT2D eigenvalue weighted by Crippen LogP contribution is 2.15. The maximum absolute atomic E-state index is 13.7. The summed E-state index contributed by atoms with van der Waals surface area (Å²) in [7, 11) is 7.37. The van der Waals surface area contributed by atoms with Crippen LogP contribution in [0.4, 0.5) is 10.1 Å². The number of hydrogen-bond acceptors (Lipinski definition) is 7. The van der Waals surface area contributed by atoms with Crippen molar-refractivity contribution in [2.45, 2.75) is 38.5 Å². The molecule has 3 rings (SSSR count). The van der Waals surface area contributed by atoms with Gasteiger partial charge in [0.25, 0.3) is 0 Å². The van der Waals surface area contributed by atoms with E-state index in [-0.39, 0.29) is 23.9 Å². The van der Waals surface area contributed by atoms with Gasteiger partial charge in [0.15, 0.2) is 6.29 Å². The number of thiophene rings is 1. The Morgan fingerprint density at radius 1 is 1.26 bits per heavy atom. The minimum absolute atomic E-state index is 0.206. The minimum atomic E-state index is -0.585. The van der Waals surface area contributed by atoms with Crippen molar-refractivity contribution in [1.29, 1.82) is 0 Å².